The Kier molecular flexibility index (Phi) is 7.87. The van der Waals surface area contributed by atoms with Crippen LogP contribution in [0.5, 0.6) is 5.75 Å². The summed E-state index contributed by atoms with van der Waals surface area (Å²) in [6.45, 7) is 9.67. The number of dihydropyridines is 1. The zero-order valence-electron chi connectivity index (χ0n) is 22.1. The molecule has 1 aromatic carbocycles. The summed E-state index contributed by atoms with van der Waals surface area (Å²) in [4.78, 5) is 43.0. The van der Waals surface area contributed by atoms with Gasteiger partial charge in [-0.25, -0.2) is 4.79 Å². The summed E-state index contributed by atoms with van der Waals surface area (Å²) in [6, 6.07) is 9.45. The first-order valence-electron chi connectivity index (χ1n) is 12.5. The molecule has 2 heterocycles. The van der Waals surface area contributed by atoms with Crippen LogP contribution in [0, 0.1) is 19.8 Å². The summed E-state index contributed by atoms with van der Waals surface area (Å²) >= 11 is 1.61. The van der Waals surface area contributed by atoms with Gasteiger partial charge in [0.2, 0.25) is 0 Å². The number of Topliss-reactive ketones (excluding diaryl/α,β-unsaturated/α-hetero) is 1. The van der Waals surface area contributed by atoms with Crippen molar-refractivity contribution in [2.45, 2.75) is 52.9 Å². The van der Waals surface area contributed by atoms with Crippen molar-refractivity contribution in [1.29, 1.82) is 0 Å². The van der Waals surface area contributed by atoms with Crippen LogP contribution >= 0.6 is 11.3 Å². The summed E-state index contributed by atoms with van der Waals surface area (Å²) in [7, 11) is 1.57. The molecule has 4 rings (SSSR count). The van der Waals surface area contributed by atoms with Gasteiger partial charge in [0.15, 0.2) is 5.78 Å². The minimum absolute atomic E-state index is 0.158. The molecular weight excluding hydrogens is 490 g/mol. The molecule has 7 nitrogen and oxygen atoms in total. The van der Waals surface area contributed by atoms with Crippen LogP contribution in [0.25, 0.3) is 0 Å². The Hall–Kier alpha value is -3.39. The number of nitrogens with one attached hydrogen (secondary N) is 1. The van der Waals surface area contributed by atoms with Gasteiger partial charge in [0.05, 0.1) is 25.9 Å². The highest BCUT2D eigenvalue weighted by Gasteiger charge is 2.50. The smallest absolute Gasteiger partial charge is 0.336 e. The molecule has 0 amide bonds. The number of hydrogen-bond acceptors (Lipinski definition) is 8. The maximum atomic E-state index is 14.4. The molecule has 0 radical (unpaired) electrons. The molecule has 2 aliphatic rings. The molecule has 8 heteroatoms. The number of carbonyl (C=O) groups is 3. The Morgan fingerprint density at radius 1 is 1.05 bits per heavy atom. The third-order valence-corrected chi connectivity index (χ3v) is 7.97. The number of benzene rings is 1. The summed E-state index contributed by atoms with van der Waals surface area (Å²) in [6.07, 6.45) is 0.386. The van der Waals surface area contributed by atoms with E-state index in [9.17, 15) is 14.4 Å². The van der Waals surface area contributed by atoms with Crippen LogP contribution in [0.3, 0.4) is 0 Å². The highest BCUT2D eigenvalue weighted by molar-refractivity contribution is 7.12. The van der Waals surface area contributed by atoms with E-state index in [1.54, 1.807) is 32.3 Å². The van der Waals surface area contributed by atoms with Gasteiger partial charge in [-0.15, -0.1) is 11.3 Å². The van der Waals surface area contributed by atoms with Crippen LogP contribution in [0.2, 0.25) is 0 Å². The number of hydrogen-bond donors (Lipinski definition) is 1. The van der Waals surface area contributed by atoms with Crippen LogP contribution in [0.4, 0.5) is 0 Å². The number of aryl methyl sites for hydroxylation is 2. The monoisotopic (exact) mass is 523 g/mol. The van der Waals surface area contributed by atoms with Crippen molar-refractivity contribution in [3.8, 4) is 5.75 Å². The van der Waals surface area contributed by atoms with E-state index in [0.29, 0.717) is 34.7 Å². The van der Waals surface area contributed by atoms with Crippen LogP contribution in [0.1, 0.15) is 59.9 Å². The molecule has 1 aliphatic carbocycles. The quantitative estimate of drug-likeness (QED) is 0.399. The average molecular weight is 524 g/mol. The second-order valence-electron chi connectivity index (χ2n) is 9.22. The van der Waals surface area contributed by atoms with Gasteiger partial charge in [0.1, 0.15) is 11.7 Å². The lowest BCUT2D eigenvalue weighted by Crippen LogP contribution is -2.43. The van der Waals surface area contributed by atoms with Crippen molar-refractivity contribution < 1.29 is 28.6 Å². The molecule has 0 fully saturated rings. The first kappa shape index (κ1) is 26.7. The molecule has 0 saturated carbocycles. The number of para-hydroxylation sites is 1. The van der Waals surface area contributed by atoms with Gasteiger partial charge in [0, 0.05) is 38.6 Å². The summed E-state index contributed by atoms with van der Waals surface area (Å²) < 4.78 is 16.4. The number of rotatable bonds is 7. The van der Waals surface area contributed by atoms with E-state index >= 15 is 0 Å². The standard InChI is InChI=1S/C29H33NO6S/c1-7-35-28(32)23-16(4)30-21-14-20(18-11-9-10-12-22(18)34-6)25(29(33)36-8-2)27(31)26(21)24(23)19-13-15(3)37-17(19)5/h9-13,20,24-25,30H,7-8,14H2,1-6H3. The summed E-state index contributed by atoms with van der Waals surface area (Å²) in [5, 5.41) is 3.34. The number of allylic oxidation sites excluding steroid dienone is 3. The molecule has 2 aromatic rings. The first-order valence-corrected chi connectivity index (χ1v) is 13.3. The Morgan fingerprint density at radius 2 is 1.76 bits per heavy atom. The first-order chi connectivity index (χ1) is 17.7. The number of methoxy groups -OCH3 is 1. The second kappa shape index (κ2) is 10.9. The van der Waals surface area contributed by atoms with Crippen molar-refractivity contribution in [1.82, 2.24) is 5.32 Å². The summed E-state index contributed by atoms with van der Waals surface area (Å²) in [5.74, 6) is -2.97. The molecule has 0 spiro atoms. The maximum Gasteiger partial charge on any atom is 0.336 e. The van der Waals surface area contributed by atoms with Gasteiger partial charge < -0.3 is 19.5 Å². The number of ether oxygens (including phenoxy) is 3. The van der Waals surface area contributed by atoms with Gasteiger partial charge in [-0.1, -0.05) is 18.2 Å². The van der Waals surface area contributed by atoms with Crippen molar-refractivity contribution in [2.75, 3.05) is 20.3 Å². The lowest BCUT2D eigenvalue weighted by atomic mass is 9.67. The largest absolute Gasteiger partial charge is 0.496 e. The van der Waals surface area contributed by atoms with Gasteiger partial charge in [-0.2, -0.15) is 0 Å². The third-order valence-electron chi connectivity index (χ3n) is 6.98. The highest BCUT2D eigenvalue weighted by atomic mass is 32.1. The van der Waals surface area contributed by atoms with Crippen molar-refractivity contribution in [2.24, 2.45) is 5.92 Å². The zero-order valence-corrected chi connectivity index (χ0v) is 22.9. The zero-order chi connectivity index (χ0) is 26.9. The molecule has 37 heavy (non-hydrogen) atoms. The van der Waals surface area contributed by atoms with Crippen LogP contribution in [-0.4, -0.2) is 38.0 Å². The maximum absolute atomic E-state index is 14.4. The Labute approximate surface area is 221 Å². The number of ketones is 1. The summed E-state index contributed by atoms with van der Waals surface area (Å²) in [5.41, 5.74) is 3.83. The fraction of sp³-hybridized carbons (Fsp3) is 0.414. The van der Waals surface area contributed by atoms with E-state index in [2.05, 4.69) is 5.32 Å². The van der Waals surface area contributed by atoms with E-state index in [1.807, 2.05) is 51.1 Å². The van der Waals surface area contributed by atoms with Crippen molar-refractivity contribution in [3.63, 3.8) is 0 Å². The molecule has 196 valence electrons. The molecule has 1 aliphatic heterocycles. The van der Waals surface area contributed by atoms with Gasteiger partial charge >= 0.3 is 11.9 Å². The Bertz CT molecular complexity index is 1300. The van der Waals surface area contributed by atoms with Gasteiger partial charge in [-0.05, 0) is 64.3 Å². The van der Waals surface area contributed by atoms with E-state index in [0.717, 1.165) is 20.9 Å². The average Bonchev–Trinajstić information content (AvgIpc) is 3.20. The molecule has 3 atom stereocenters. The topological polar surface area (TPSA) is 90.9 Å². The minimum atomic E-state index is -1.07. The predicted octanol–water partition coefficient (Wildman–Crippen LogP) is 5.09. The van der Waals surface area contributed by atoms with Crippen molar-refractivity contribution >= 4 is 29.1 Å². The Morgan fingerprint density at radius 3 is 2.38 bits per heavy atom. The Balaban J connectivity index is 1.93. The van der Waals surface area contributed by atoms with Gasteiger partial charge in [-0.3, -0.25) is 9.59 Å². The molecule has 1 aromatic heterocycles. The normalized spacial score (nSPS) is 21.4. The molecule has 3 unspecified atom stereocenters. The fourth-order valence-electron chi connectivity index (χ4n) is 5.53. The SMILES string of the molecule is CCOC(=O)C1=C(C)NC2=C(C(=O)C(C(=O)OCC)C(c3ccccc3OC)C2)C1c1cc(C)sc1C. The minimum Gasteiger partial charge on any atom is -0.496 e. The highest BCUT2D eigenvalue weighted by Crippen LogP contribution is 2.50. The van der Waals surface area contributed by atoms with Crippen molar-refractivity contribution in [3.05, 3.63) is 73.8 Å². The third kappa shape index (κ3) is 4.82. The second-order valence-corrected chi connectivity index (χ2v) is 10.7. The predicted molar refractivity (Wildman–Crippen MR) is 142 cm³/mol. The molecular formula is C29H33NO6S. The van der Waals surface area contributed by atoms with Crippen LogP contribution < -0.4 is 10.1 Å². The van der Waals surface area contributed by atoms with E-state index < -0.39 is 29.7 Å². The molecule has 0 bridgehead atoms. The van der Waals surface area contributed by atoms with E-state index in [4.69, 9.17) is 14.2 Å². The van der Waals surface area contributed by atoms with Gasteiger partial charge in [0.25, 0.3) is 0 Å². The van der Waals surface area contributed by atoms with Crippen LogP contribution in [-0.2, 0) is 23.9 Å². The van der Waals surface area contributed by atoms with Crippen LogP contribution in [0.15, 0.2) is 52.9 Å². The fourth-order valence-corrected chi connectivity index (χ4v) is 6.49. The number of carbonyl (C=O) groups excluding carboxylic acids is 3. The lowest BCUT2D eigenvalue weighted by Gasteiger charge is -2.39. The number of esters is 2. The molecule has 0 saturated heterocycles. The van der Waals surface area contributed by atoms with E-state index in [1.165, 1.54) is 0 Å². The molecule has 1 N–H and O–H groups in total. The number of thiophene rings is 1. The van der Waals surface area contributed by atoms with E-state index in [-0.39, 0.29) is 19.0 Å². The lowest BCUT2D eigenvalue weighted by molar-refractivity contribution is -0.152.